The van der Waals surface area contributed by atoms with Gasteiger partial charge in [0, 0.05) is 24.3 Å². The maximum atomic E-state index is 4.53. The van der Waals surface area contributed by atoms with Crippen LogP contribution < -0.4 is 5.32 Å². The van der Waals surface area contributed by atoms with Crippen LogP contribution in [0.3, 0.4) is 0 Å². The summed E-state index contributed by atoms with van der Waals surface area (Å²) >= 11 is 0. The number of likely N-dealkylation sites (tertiary alicyclic amines) is 1. The molecule has 1 fully saturated rings. The lowest BCUT2D eigenvalue weighted by atomic mass is 9.91. The van der Waals surface area contributed by atoms with Gasteiger partial charge in [-0.05, 0) is 51.9 Å². The Labute approximate surface area is 123 Å². The predicted octanol–water partition coefficient (Wildman–Crippen LogP) is 2.68. The fraction of sp³-hybridized carbons (Fsp3) is 0.812. The van der Waals surface area contributed by atoms with E-state index in [-0.39, 0.29) is 0 Å². The Bertz CT molecular complexity index is 388. The molecule has 0 aliphatic carbocycles. The summed E-state index contributed by atoms with van der Waals surface area (Å²) in [6.07, 6.45) is 9.47. The van der Waals surface area contributed by atoms with Gasteiger partial charge >= 0.3 is 0 Å². The summed E-state index contributed by atoms with van der Waals surface area (Å²) in [6, 6.07) is 0.516. The predicted molar refractivity (Wildman–Crippen MR) is 83.8 cm³/mol. The largest absolute Gasteiger partial charge is 0.317 e. The van der Waals surface area contributed by atoms with Crippen LogP contribution in [0.4, 0.5) is 0 Å². The van der Waals surface area contributed by atoms with E-state index in [0.29, 0.717) is 12.0 Å². The van der Waals surface area contributed by atoms with Gasteiger partial charge in [-0.25, -0.2) is 0 Å². The maximum absolute atomic E-state index is 4.53. The monoisotopic (exact) mass is 278 g/mol. The molecule has 1 saturated heterocycles. The topological polar surface area (TPSA) is 33.1 Å². The fourth-order valence-corrected chi connectivity index (χ4v) is 3.38. The lowest BCUT2D eigenvalue weighted by Crippen LogP contribution is -2.34. The number of hydrogen-bond acceptors (Lipinski definition) is 3. The van der Waals surface area contributed by atoms with Crippen molar-refractivity contribution in [2.75, 3.05) is 26.7 Å². The molecule has 0 saturated carbocycles. The molecule has 0 amide bonds. The number of hydrogen-bond donors (Lipinski definition) is 1. The average Bonchev–Trinajstić information content (AvgIpc) is 2.80. The van der Waals surface area contributed by atoms with Crippen molar-refractivity contribution in [1.29, 1.82) is 0 Å². The summed E-state index contributed by atoms with van der Waals surface area (Å²) in [5, 5.41) is 8.07. The average molecular weight is 278 g/mol. The highest BCUT2D eigenvalue weighted by molar-refractivity contribution is 5.13. The first-order chi connectivity index (χ1) is 9.76. The third-order valence-electron chi connectivity index (χ3n) is 4.36. The standard InChI is InChI=1S/C16H30N4/c1-4-9-20-13-15(12-18-20)16-14(11-17-5-2)8-6-7-10-19(16)3/h12-14,16-17H,4-11H2,1-3H3. The highest BCUT2D eigenvalue weighted by Crippen LogP contribution is 2.33. The molecule has 0 bridgehead atoms. The van der Waals surface area contributed by atoms with E-state index in [2.05, 4.69) is 53.3 Å². The Balaban J connectivity index is 2.15. The SMILES string of the molecule is CCCn1cc(C2C(CNCC)CCCCN2C)cn1. The molecule has 2 rings (SSSR count). The van der Waals surface area contributed by atoms with Gasteiger partial charge in [0.1, 0.15) is 0 Å². The van der Waals surface area contributed by atoms with Crippen molar-refractivity contribution in [3.63, 3.8) is 0 Å². The van der Waals surface area contributed by atoms with Crippen molar-refractivity contribution in [3.8, 4) is 0 Å². The summed E-state index contributed by atoms with van der Waals surface area (Å²) in [6.45, 7) is 8.79. The quantitative estimate of drug-likeness (QED) is 0.868. The van der Waals surface area contributed by atoms with Gasteiger partial charge in [0.2, 0.25) is 0 Å². The van der Waals surface area contributed by atoms with Crippen LogP contribution >= 0.6 is 0 Å². The minimum Gasteiger partial charge on any atom is -0.317 e. The first-order valence-corrected chi connectivity index (χ1v) is 8.19. The molecule has 1 aromatic heterocycles. The Kier molecular flexibility index (Phi) is 6.05. The van der Waals surface area contributed by atoms with E-state index in [1.54, 1.807) is 0 Å². The normalized spacial score (nSPS) is 24.8. The van der Waals surface area contributed by atoms with Crippen LogP contribution in [0.15, 0.2) is 12.4 Å². The third-order valence-corrected chi connectivity index (χ3v) is 4.36. The van der Waals surface area contributed by atoms with E-state index in [1.807, 2.05) is 0 Å². The van der Waals surface area contributed by atoms with E-state index in [9.17, 15) is 0 Å². The van der Waals surface area contributed by atoms with E-state index in [0.717, 1.165) is 26.1 Å². The van der Waals surface area contributed by atoms with Gasteiger partial charge in [0.15, 0.2) is 0 Å². The highest BCUT2D eigenvalue weighted by Gasteiger charge is 2.29. The number of nitrogens with one attached hydrogen (secondary N) is 1. The van der Waals surface area contributed by atoms with Gasteiger partial charge in [-0.2, -0.15) is 5.10 Å². The summed E-state index contributed by atoms with van der Waals surface area (Å²) in [5.74, 6) is 0.696. The van der Waals surface area contributed by atoms with Crippen molar-refractivity contribution in [3.05, 3.63) is 18.0 Å². The Morgan fingerprint density at radius 3 is 2.95 bits per heavy atom. The molecule has 4 nitrogen and oxygen atoms in total. The second-order valence-electron chi connectivity index (χ2n) is 6.03. The van der Waals surface area contributed by atoms with Crippen LogP contribution in [0, 0.1) is 5.92 Å². The van der Waals surface area contributed by atoms with E-state index >= 15 is 0 Å². The van der Waals surface area contributed by atoms with Crippen LogP contribution in [0.25, 0.3) is 0 Å². The number of aryl methyl sites for hydroxylation is 1. The van der Waals surface area contributed by atoms with E-state index < -0.39 is 0 Å². The van der Waals surface area contributed by atoms with Crippen molar-refractivity contribution in [1.82, 2.24) is 20.0 Å². The molecule has 114 valence electrons. The minimum absolute atomic E-state index is 0.516. The lowest BCUT2D eigenvalue weighted by Gasteiger charge is -2.32. The second kappa shape index (κ2) is 7.79. The first kappa shape index (κ1) is 15.5. The molecule has 0 radical (unpaired) electrons. The zero-order chi connectivity index (χ0) is 14.4. The van der Waals surface area contributed by atoms with Crippen molar-refractivity contribution >= 4 is 0 Å². The smallest absolute Gasteiger partial charge is 0.0537 e. The minimum atomic E-state index is 0.516. The van der Waals surface area contributed by atoms with Gasteiger partial charge in [-0.15, -0.1) is 0 Å². The molecule has 0 spiro atoms. The van der Waals surface area contributed by atoms with Crippen LogP contribution in [0.5, 0.6) is 0 Å². The maximum Gasteiger partial charge on any atom is 0.0537 e. The molecule has 1 N–H and O–H groups in total. The Morgan fingerprint density at radius 1 is 1.35 bits per heavy atom. The van der Waals surface area contributed by atoms with Crippen LogP contribution in [0.2, 0.25) is 0 Å². The highest BCUT2D eigenvalue weighted by atomic mass is 15.3. The zero-order valence-electron chi connectivity index (χ0n) is 13.3. The molecule has 1 aromatic rings. The van der Waals surface area contributed by atoms with Gasteiger partial charge in [0.05, 0.1) is 6.20 Å². The summed E-state index contributed by atoms with van der Waals surface area (Å²) < 4.78 is 2.10. The summed E-state index contributed by atoms with van der Waals surface area (Å²) in [4.78, 5) is 2.53. The van der Waals surface area contributed by atoms with Gasteiger partial charge < -0.3 is 5.32 Å². The molecule has 1 aliphatic heterocycles. The van der Waals surface area contributed by atoms with E-state index in [4.69, 9.17) is 0 Å². The molecule has 2 unspecified atom stereocenters. The van der Waals surface area contributed by atoms with Crippen LogP contribution in [-0.2, 0) is 6.54 Å². The molecular weight excluding hydrogens is 248 g/mol. The lowest BCUT2D eigenvalue weighted by molar-refractivity contribution is 0.189. The Hall–Kier alpha value is -0.870. The second-order valence-corrected chi connectivity index (χ2v) is 6.03. The first-order valence-electron chi connectivity index (χ1n) is 8.19. The molecule has 0 aromatic carbocycles. The number of rotatable bonds is 6. The number of aromatic nitrogens is 2. The third kappa shape index (κ3) is 3.83. The number of nitrogens with zero attached hydrogens (tertiary/aromatic N) is 3. The molecule has 2 atom stereocenters. The van der Waals surface area contributed by atoms with Gasteiger partial charge in [-0.3, -0.25) is 9.58 Å². The van der Waals surface area contributed by atoms with Crippen LogP contribution in [0.1, 0.15) is 51.1 Å². The van der Waals surface area contributed by atoms with Gasteiger partial charge in [0.25, 0.3) is 0 Å². The molecule has 4 heteroatoms. The molecular formula is C16H30N4. The zero-order valence-corrected chi connectivity index (χ0v) is 13.3. The van der Waals surface area contributed by atoms with Gasteiger partial charge in [-0.1, -0.05) is 20.3 Å². The van der Waals surface area contributed by atoms with Crippen LogP contribution in [-0.4, -0.2) is 41.4 Å². The Morgan fingerprint density at radius 2 is 2.20 bits per heavy atom. The molecule has 1 aliphatic rings. The fourth-order valence-electron chi connectivity index (χ4n) is 3.38. The summed E-state index contributed by atoms with van der Waals surface area (Å²) in [7, 11) is 2.27. The summed E-state index contributed by atoms with van der Waals surface area (Å²) in [5.41, 5.74) is 1.39. The van der Waals surface area contributed by atoms with E-state index in [1.165, 1.54) is 31.4 Å². The van der Waals surface area contributed by atoms with Crippen molar-refractivity contribution in [2.45, 2.75) is 52.1 Å². The molecule has 2 heterocycles. The molecule has 20 heavy (non-hydrogen) atoms. The van der Waals surface area contributed by atoms with Crippen molar-refractivity contribution in [2.24, 2.45) is 5.92 Å². The van der Waals surface area contributed by atoms with Crippen molar-refractivity contribution < 1.29 is 0 Å².